The summed E-state index contributed by atoms with van der Waals surface area (Å²) in [4.78, 5) is 221. The van der Waals surface area contributed by atoms with Crippen LogP contribution in [0.25, 0.3) is 21.8 Å². The monoisotopic (exact) mass is 1660 g/mol. The average Bonchev–Trinajstić information content (AvgIpc) is 1.68. The molecule has 628 valence electrons. The van der Waals surface area contributed by atoms with Crippen molar-refractivity contribution in [2.24, 2.45) is 17.2 Å². The highest BCUT2D eigenvalue weighted by molar-refractivity contribution is 7.80. The van der Waals surface area contributed by atoms with E-state index in [-0.39, 0.29) is 88.1 Å². The van der Waals surface area contributed by atoms with Gasteiger partial charge in [0.15, 0.2) is 0 Å². The number of thiol groups is 2. The Kier molecular flexibility index (Phi) is 36.1. The van der Waals surface area contributed by atoms with E-state index in [4.69, 9.17) is 17.2 Å². The predicted molar refractivity (Wildman–Crippen MR) is 432 cm³/mol. The van der Waals surface area contributed by atoms with E-state index in [1.165, 1.54) is 67.3 Å². The molecule has 7 rings (SSSR count). The molecule has 0 bridgehead atoms. The summed E-state index contributed by atoms with van der Waals surface area (Å²) in [6.45, 7) is 0.847. The van der Waals surface area contributed by atoms with Crippen LogP contribution in [0.2, 0.25) is 0 Å². The number of unbranched alkanes of at least 4 members (excludes halogenated alkanes) is 2. The third kappa shape index (κ3) is 29.3. The Hall–Kier alpha value is -12.6. The molecule has 40 heteroatoms. The molecule has 0 spiro atoms. The van der Waals surface area contributed by atoms with Gasteiger partial charge in [-0.3, -0.25) is 71.9 Å². The molecule has 3 aromatic heterocycles. The summed E-state index contributed by atoms with van der Waals surface area (Å²) in [5, 5.41) is 71.7. The second-order valence-corrected chi connectivity index (χ2v) is 28.4. The Morgan fingerprint density at radius 2 is 0.769 bits per heavy atom. The molecule has 0 radical (unpaired) electrons. The van der Waals surface area contributed by atoms with E-state index in [9.17, 15) is 82.8 Å². The molecule has 0 saturated carbocycles. The number of carbonyl (C=O) groups excluding carboxylic acids is 13. The van der Waals surface area contributed by atoms with Crippen LogP contribution in [-0.2, 0) is 104 Å². The molecule has 11 atom stereocenters. The first kappa shape index (κ1) is 91.6. The van der Waals surface area contributed by atoms with Gasteiger partial charge in [0.1, 0.15) is 78.0 Å². The standard InChI is InChI=1S/C77H99N19O19S2/c1-41(97)86-62(38-116)76(114)89-55(24-25-65(101)102)70(108)95-61(33-66(103)104)75(113)93-58(30-44-34-82-51-12-4-2-10-49(44)51)72(110)87-54(15-7-9-27-79)69(107)96-63(39-117)77(115)91-57(29-43-18-22-48(99)23-19-43)71(109)92-59(31-45-35-83-52-13-5-3-11-50(45)52)73(111)94-60(32-46-36-81-40-85-46)74(112)88-53(14-6-8-26-78)68(106)90-56(67(105)84-37-64(80)100)28-42-16-20-47(98)21-17-42/h2-5,10-13,16-23,34-36,40,53-63,82-83,98-99,116-117H,6-9,14-15,24-33,37-39,78-79H2,1H3,(H2,80,100)(H,81,85)(H,84,105)(H,86,97)(H,87,110)(H,88,112)(H,89,114)(H,90,106)(H,91,115)(H,92,109)(H,93,113)(H,94,111)(H,95,108)(H,96,107)(H,101,102)(H,103,104)/t53-,54-,55-,56-,57-,58-,59-,60-,61-,62-,63-/m0/s1. The number of primary amides is 1. The minimum absolute atomic E-state index is 0.0391. The van der Waals surface area contributed by atoms with Crippen LogP contribution in [0.15, 0.2) is 122 Å². The number of phenolic OH excluding ortho intramolecular Hbond substituents is 2. The molecular formula is C77H99N19O19S2. The molecule has 0 aliphatic rings. The Balaban J connectivity index is 1.17. The van der Waals surface area contributed by atoms with Crippen LogP contribution < -0.4 is 81.0 Å². The van der Waals surface area contributed by atoms with Gasteiger partial charge < -0.3 is 116 Å². The molecule has 4 aromatic carbocycles. The topological polar surface area (TPSA) is 620 Å². The van der Waals surface area contributed by atoms with E-state index < -0.39 is 187 Å². The Labute approximate surface area is 681 Å². The molecule has 0 fully saturated rings. The number of hydrogen-bond acceptors (Lipinski definition) is 22. The summed E-state index contributed by atoms with van der Waals surface area (Å²) in [6, 6.07) is 7.62. The molecule has 13 amide bonds. The number of imidazole rings is 1. The summed E-state index contributed by atoms with van der Waals surface area (Å²) < 4.78 is 0. The number of nitrogens with zero attached hydrogens (tertiary/aromatic N) is 1. The van der Waals surface area contributed by atoms with Gasteiger partial charge in [-0.2, -0.15) is 25.3 Å². The van der Waals surface area contributed by atoms with Crippen molar-refractivity contribution in [3.63, 3.8) is 0 Å². The second-order valence-electron chi connectivity index (χ2n) is 27.7. The summed E-state index contributed by atoms with van der Waals surface area (Å²) in [5.41, 5.74) is 20.4. The molecule has 38 nitrogen and oxygen atoms in total. The molecule has 0 aliphatic carbocycles. The highest BCUT2D eigenvalue weighted by Gasteiger charge is 2.38. The van der Waals surface area contributed by atoms with E-state index in [0.717, 1.165) is 6.92 Å². The molecular weight excluding hydrogens is 1560 g/mol. The number of nitrogens with one attached hydrogen (secondary N) is 15. The number of phenols is 2. The number of hydrogen-bond donors (Lipinski definition) is 24. The normalized spacial score (nSPS) is 14.0. The van der Waals surface area contributed by atoms with Gasteiger partial charge in [-0.25, -0.2) is 4.98 Å². The lowest BCUT2D eigenvalue weighted by Crippen LogP contribution is -2.61. The number of amides is 13. The number of benzene rings is 4. The van der Waals surface area contributed by atoms with E-state index >= 15 is 9.59 Å². The van der Waals surface area contributed by atoms with Crippen molar-refractivity contribution in [3.05, 3.63) is 150 Å². The molecule has 0 unspecified atom stereocenters. The zero-order valence-corrected chi connectivity index (χ0v) is 65.6. The van der Waals surface area contributed by atoms with Crippen molar-refractivity contribution in [1.82, 2.24) is 83.7 Å². The van der Waals surface area contributed by atoms with Crippen LogP contribution in [0.5, 0.6) is 11.5 Å². The SMILES string of the molecule is CC(=O)N[C@@H](CS)C(=O)N[C@@H](CCC(=O)O)C(=O)N[C@@H](CC(=O)O)C(=O)N[C@@H](Cc1c[nH]c2ccccc12)C(=O)N[C@@H](CCCCN)C(=O)N[C@@H](CS)C(=O)N[C@@H](Cc1ccc(O)cc1)C(=O)N[C@@H](Cc1c[nH]c2ccccc12)C(=O)N[C@@H](Cc1cnc[nH]1)C(=O)N[C@@H](CCCCN)C(=O)N[C@@H](Cc1ccc(O)cc1)C(=O)NCC(N)=O. The zero-order chi connectivity index (χ0) is 85.3. The Bertz CT molecular complexity index is 4600. The molecule has 0 saturated heterocycles. The maximum absolute atomic E-state index is 15.3. The predicted octanol–water partition coefficient (Wildman–Crippen LogP) is -2.29. The van der Waals surface area contributed by atoms with Crippen LogP contribution in [-0.4, -0.2) is 227 Å². The van der Waals surface area contributed by atoms with E-state index in [2.05, 4.69) is 109 Å². The van der Waals surface area contributed by atoms with Crippen molar-refractivity contribution in [2.75, 3.05) is 31.1 Å². The average molecular weight is 1660 g/mol. The number of nitrogens with two attached hydrogens (primary N) is 3. The maximum atomic E-state index is 15.3. The van der Waals surface area contributed by atoms with Crippen molar-refractivity contribution in [3.8, 4) is 11.5 Å². The molecule has 117 heavy (non-hydrogen) atoms. The lowest BCUT2D eigenvalue weighted by Gasteiger charge is -2.28. The third-order valence-corrected chi connectivity index (χ3v) is 19.4. The van der Waals surface area contributed by atoms with Gasteiger partial charge in [-0.05, 0) is 117 Å². The minimum atomic E-state index is -2.02. The highest BCUT2D eigenvalue weighted by atomic mass is 32.1. The van der Waals surface area contributed by atoms with Gasteiger partial charge in [0, 0.05) is 103 Å². The number of aromatic amines is 3. The van der Waals surface area contributed by atoms with Crippen molar-refractivity contribution in [1.29, 1.82) is 0 Å². The fourth-order valence-electron chi connectivity index (χ4n) is 12.5. The fraction of sp³-hybridized carbons (Fsp3) is 0.403. The number of H-pyrrole nitrogens is 3. The summed E-state index contributed by atoms with van der Waals surface area (Å²) >= 11 is 8.50. The number of aromatic nitrogens is 4. The molecule has 7 aromatic rings. The number of carboxylic acids is 2. The van der Waals surface area contributed by atoms with Gasteiger partial charge in [-0.15, -0.1) is 0 Å². The first-order chi connectivity index (χ1) is 55.9. The summed E-state index contributed by atoms with van der Waals surface area (Å²) in [6.07, 6.45) is 2.96. The summed E-state index contributed by atoms with van der Waals surface area (Å²) in [5.74, 6) is -16.6. The molecule has 0 aliphatic heterocycles. The van der Waals surface area contributed by atoms with Crippen molar-refractivity contribution >= 4 is 136 Å². The summed E-state index contributed by atoms with van der Waals surface area (Å²) in [7, 11) is 0. The first-order valence-electron chi connectivity index (χ1n) is 37.5. The Morgan fingerprint density at radius 1 is 0.410 bits per heavy atom. The van der Waals surface area contributed by atoms with Gasteiger partial charge in [-0.1, -0.05) is 60.7 Å². The van der Waals surface area contributed by atoms with Gasteiger partial charge in [0.05, 0.1) is 19.3 Å². The lowest BCUT2D eigenvalue weighted by atomic mass is 10.0. The number of aliphatic carboxylic acids is 2. The van der Waals surface area contributed by atoms with Crippen LogP contribution in [0.4, 0.5) is 0 Å². The number of para-hydroxylation sites is 2. The third-order valence-electron chi connectivity index (χ3n) is 18.7. The van der Waals surface area contributed by atoms with E-state index in [1.54, 1.807) is 54.7 Å². The maximum Gasteiger partial charge on any atom is 0.305 e. The van der Waals surface area contributed by atoms with Crippen molar-refractivity contribution < 1.29 is 92.3 Å². The van der Waals surface area contributed by atoms with E-state index in [1.807, 2.05) is 0 Å². The van der Waals surface area contributed by atoms with Crippen LogP contribution in [0.3, 0.4) is 0 Å². The molecule has 3 heterocycles. The van der Waals surface area contributed by atoms with Crippen LogP contribution in [0.1, 0.15) is 92.7 Å². The van der Waals surface area contributed by atoms with Gasteiger partial charge in [0.25, 0.3) is 0 Å². The number of carboxylic acid groups (broad SMARTS) is 2. The largest absolute Gasteiger partial charge is 0.508 e. The minimum Gasteiger partial charge on any atom is -0.508 e. The van der Waals surface area contributed by atoms with Gasteiger partial charge in [0.2, 0.25) is 76.8 Å². The zero-order valence-electron chi connectivity index (χ0n) is 63.8. The highest BCUT2D eigenvalue weighted by Crippen LogP contribution is 2.23. The number of rotatable bonds is 49. The second kappa shape index (κ2) is 46.1. The lowest BCUT2D eigenvalue weighted by molar-refractivity contribution is -0.141. The number of aromatic hydroxyl groups is 2. The Morgan fingerprint density at radius 3 is 1.16 bits per heavy atom. The quantitative estimate of drug-likeness (QED) is 0.0141. The van der Waals surface area contributed by atoms with E-state index in [0.29, 0.717) is 62.6 Å². The number of fused-ring (bicyclic) bond motifs is 2. The van der Waals surface area contributed by atoms with Gasteiger partial charge >= 0.3 is 11.9 Å². The van der Waals surface area contributed by atoms with Crippen LogP contribution in [0, 0.1) is 0 Å². The first-order valence-corrected chi connectivity index (χ1v) is 38.8. The van der Waals surface area contributed by atoms with Crippen LogP contribution >= 0.6 is 25.3 Å². The number of carbonyl (C=O) groups is 15. The van der Waals surface area contributed by atoms with Crippen molar-refractivity contribution in [2.45, 2.75) is 163 Å². The fourth-order valence-corrected chi connectivity index (χ4v) is 13.1. The smallest absolute Gasteiger partial charge is 0.305 e. The molecule has 25 N–H and O–H groups in total.